The highest BCUT2D eigenvalue weighted by Gasteiger charge is 2.13. The van der Waals surface area contributed by atoms with Crippen LogP contribution in [0, 0.1) is 6.92 Å². The van der Waals surface area contributed by atoms with Crippen LogP contribution in [0.5, 0.6) is 0 Å². The molecule has 0 aliphatic heterocycles. The molecule has 5 nitrogen and oxygen atoms in total. The van der Waals surface area contributed by atoms with Crippen LogP contribution in [0.1, 0.15) is 45.3 Å². The van der Waals surface area contributed by atoms with E-state index in [1.54, 1.807) is 13.0 Å². The molecule has 1 aromatic rings. The summed E-state index contributed by atoms with van der Waals surface area (Å²) in [7, 11) is 0. The van der Waals surface area contributed by atoms with E-state index in [-0.39, 0.29) is 6.03 Å². The van der Waals surface area contributed by atoms with Gasteiger partial charge in [0.25, 0.3) is 0 Å². The SMILES string of the molecule is CCCCN(CCCC)C(=O)Nc1cc(C)on1. The van der Waals surface area contributed by atoms with Crippen LogP contribution in [0.4, 0.5) is 10.6 Å². The number of nitrogens with zero attached hydrogens (tertiary/aromatic N) is 2. The van der Waals surface area contributed by atoms with Gasteiger partial charge in [0.2, 0.25) is 0 Å². The Hall–Kier alpha value is -1.52. The zero-order valence-corrected chi connectivity index (χ0v) is 11.5. The van der Waals surface area contributed by atoms with Gasteiger partial charge in [0, 0.05) is 19.2 Å². The van der Waals surface area contributed by atoms with Gasteiger partial charge in [0.05, 0.1) is 0 Å². The van der Waals surface area contributed by atoms with Crippen molar-refractivity contribution in [1.82, 2.24) is 10.1 Å². The molecule has 1 rings (SSSR count). The Morgan fingerprint density at radius 2 is 1.94 bits per heavy atom. The van der Waals surface area contributed by atoms with Gasteiger partial charge in [0.1, 0.15) is 5.76 Å². The monoisotopic (exact) mass is 253 g/mol. The van der Waals surface area contributed by atoms with E-state index in [0.29, 0.717) is 11.6 Å². The lowest BCUT2D eigenvalue weighted by atomic mass is 10.3. The normalized spacial score (nSPS) is 10.4. The van der Waals surface area contributed by atoms with Gasteiger partial charge in [0.15, 0.2) is 5.82 Å². The molecule has 0 saturated heterocycles. The molecule has 0 bridgehead atoms. The van der Waals surface area contributed by atoms with Crippen molar-refractivity contribution in [3.8, 4) is 0 Å². The first-order chi connectivity index (χ1) is 8.67. The summed E-state index contributed by atoms with van der Waals surface area (Å²) in [5.41, 5.74) is 0. The molecule has 0 unspecified atom stereocenters. The highest BCUT2D eigenvalue weighted by molar-refractivity contribution is 5.88. The molecule has 0 atom stereocenters. The lowest BCUT2D eigenvalue weighted by Crippen LogP contribution is -2.36. The molecule has 0 aromatic carbocycles. The van der Waals surface area contributed by atoms with Crippen LogP contribution in [0.15, 0.2) is 10.6 Å². The summed E-state index contributed by atoms with van der Waals surface area (Å²) < 4.78 is 4.92. The van der Waals surface area contributed by atoms with Gasteiger partial charge >= 0.3 is 6.03 Å². The first-order valence-corrected chi connectivity index (χ1v) is 6.66. The average Bonchev–Trinajstić information content (AvgIpc) is 2.75. The van der Waals surface area contributed by atoms with Crippen molar-refractivity contribution in [3.63, 3.8) is 0 Å². The van der Waals surface area contributed by atoms with E-state index in [1.165, 1.54) is 0 Å². The van der Waals surface area contributed by atoms with Gasteiger partial charge < -0.3 is 9.42 Å². The number of anilines is 1. The second kappa shape index (κ2) is 7.74. The molecule has 0 radical (unpaired) electrons. The minimum atomic E-state index is -0.0924. The van der Waals surface area contributed by atoms with E-state index in [9.17, 15) is 4.79 Å². The summed E-state index contributed by atoms with van der Waals surface area (Å²) in [6.07, 6.45) is 4.21. The van der Waals surface area contributed by atoms with Crippen LogP contribution in [-0.4, -0.2) is 29.2 Å². The minimum absolute atomic E-state index is 0.0924. The number of carbonyl (C=O) groups is 1. The van der Waals surface area contributed by atoms with Gasteiger partial charge in [-0.15, -0.1) is 0 Å². The summed E-state index contributed by atoms with van der Waals surface area (Å²) in [6.45, 7) is 7.63. The van der Waals surface area contributed by atoms with Crippen molar-refractivity contribution in [2.45, 2.75) is 46.5 Å². The number of urea groups is 1. The first kappa shape index (κ1) is 14.5. The van der Waals surface area contributed by atoms with E-state index < -0.39 is 0 Å². The Kier molecular flexibility index (Phi) is 6.25. The van der Waals surface area contributed by atoms with Gasteiger partial charge in [-0.05, 0) is 19.8 Å². The van der Waals surface area contributed by atoms with Crippen LogP contribution >= 0.6 is 0 Å². The third-order valence-corrected chi connectivity index (χ3v) is 2.71. The molecule has 1 N–H and O–H groups in total. The van der Waals surface area contributed by atoms with Crippen LogP contribution in [0.3, 0.4) is 0 Å². The van der Waals surface area contributed by atoms with Crippen LogP contribution in [0.2, 0.25) is 0 Å². The molecule has 102 valence electrons. The van der Waals surface area contributed by atoms with E-state index in [4.69, 9.17) is 4.52 Å². The molecule has 0 saturated carbocycles. The Balaban J connectivity index is 2.51. The third-order valence-electron chi connectivity index (χ3n) is 2.71. The van der Waals surface area contributed by atoms with Gasteiger partial charge in [-0.25, -0.2) is 4.79 Å². The fraction of sp³-hybridized carbons (Fsp3) is 0.692. The summed E-state index contributed by atoms with van der Waals surface area (Å²) in [5.74, 6) is 1.18. The fourth-order valence-electron chi connectivity index (χ4n) is 1.63. The standard InChI is InChI=1S/C13H23N3O2/c1-4-6-8-16(9-7-5-2)13(17)14-12-10-11(3)18-15-12/h10H,4-9H2,1-3H3,(H,14,15,17). The molecular formula is C13H23N3O2. The highest BCUT2D eigenvalue weighted by atomic mass is 16.5. The molecule has 0 spiro atoms. The molecule has 18 heavy (non-hydrogen) atoms. The number of carbonyl (C=O) groups excluding carboxylic acids is 1. The predicted octanol–water partition coefficient (Wildman–Crippen LogP) is 3.42. The number of unbranched alkanes of at least 4 members (excludes halogenated alkanes) is 2. The molecule has 1 aromatic heterocycles. The van der Waals surface area contributed by atoms with Gasteiger partial charge in [-0.3, -0.25) is 5.32 Å². The van der Waals surface area contributed by atoms with Crippen LogP contribution in [-0.2, 0) is 0 Å². The number of hydrogen-bond acceptors (Lipinski definition) is 3. The topological polar surface area (TPSA) is 58.4 Å². The maximum absolute atomic E-state index is 12.1. The molecule has 5 heteroatoms. The van der Waals surface area contributed by atoms with Crippen molar-refractivity contribution < 1.29 is 9.32 Å². The number of nitrogens with one attached hydrogen (secondary N) is 1. The zero-order chi connectivity index (χ0) is 13.4. The van der Waals surface area contributed by atoms with Crippen molar-refractivity contribution in [3.05, 3.63) is 11.8 Å². The molecule has 1 heterocycles. The zero-order valence-electron chi connectivity index (χ0n) is 11.5. The summed E-state index contributed by atoms with van der Waals surface area (Å²) in [4.78, 5) is 13.9. The number of amides is 2. The van der Waals surface area contributed by atoms with Gasteiger partial charge in [-0.1, -0.05) is 31.8 Å². The van der Waals surface area contributed by atoms with E-state index >= 15 is 0 Å². The number of aromatic nitrogens is 1. The number of rotatable bonds is 7. The largest absolute Gasteiger partial charge is 0.360 e. The van der Waals surface area contributed by atoms with E-state index in [1.807, 2.05) is 4.90 Å². The Morgan fingerprint density at radius 3 is 2.39 bits per heavy atom. The summed E-state index contributed by atoms with van der Waals surface area (Å²) >= 11 is 0. The molecule has 0 aliphatic carbocycles. The van der Waals surface area contributed by atoms with Crippen molar-refractivity contribution >= 4 is 11.8 Å². The van der Waals surface area contributed by atoms with E-state index in [2.05, 4.69) is 24.3 Å². The fourth-order valence-corrected chi connectivity index (χ4v) is 1.63. The third kappa shape index (κ3) is 4.77. The predicted molar refractivity (Wildman–Crippen MR) is 71.6 cm³/mol. The van der Waals surface area contributed by atoms with Gasteiger partial charge in [-0.2, -0.15) is 0 Å². The second-order valence-electron chi connectivity index (χ2n) is 4.45. The minimum Gasteiger partial charge on any atom is -0.360 e. The molecular weight excluding hydrogens is 230 g/mol. The average molecular weight is 253 g/mol. The Bertz CT molecular complexity index is 355. The maximum Gasteiger partial charge on any atom is 0.323 e. The lowest BCUT2D eigenvalue weighted by molar-refractivity contribution is 0.209. The smallest absolute Gasteiger partial charge is 0.323 e. The number of hydrogen-bond donors (Lipinski definition) is 1. The quantitative estimate of drug-likeness (QED) is 0.810. The molecule has 0 fully saturated rings. The first-order valence-electron chi connectivity index (χ1n) is 6.66. The van der Waals surface area contributed by atoms with Crippen LogP contribution < -0.4 is 5.32 Å². The maximum atomic E-state index is 12.1. The lowest BCUT2D eigenvalue weighted by Gasteiger charge is -2.22. The van der Waals surface area contributed by atoms with Crippen molar-refractivity contribution in [2.75, 3.05) is 18.4 Å². The Morgan fingerprint density at radius 1 is 1.33 bits per heavy atom. The van der Waals surface area contributed by atoms with Crippen LogP contribution in [0.25, 0.3) is 0 Å². The van der Waals surface area contributed by atoms with E-state index in [0.717, 1.165) is 38.8 Å². The summed E-state index contributed by atoms with van der Waals surface area (Å²) in [5, 5.41) is 6.53. The molecule has 0 aliphatic rings. The summed E-state index contributed by atoms with van der Waals surface area (Å²) in [6, 6.07) is 1.63. The molecule has 2 amide bonds. The van der Waals surface area contributed by atoms with Crippen molar-refractivity contribution in [2.24, 2.45) is 0 Å². The second-order valence-corrected chi connectivity index (χ2v) is 4.45. The number of aryl methyl sites for hydroxylation is 1. The Labute approximate surface area is 109 Å². The van der Waals surface area contributed by atoms with Crippen molar-refractivity contribution in [1.29, 1.82) is 0 Å². The highest BCUT2D eigenvalue weighted by Crippen LogP contribution is 2.09.